The highest BCUT2D eigenvalue weighted by molar-refractivity contribution is 5.44. The maximum Gasteiger partial charge on any atom is 0.171 e. The lowest BCUT2D eigenvalue weighted by atomic mass is 10.0. The van der Waals surface area contributed by atoms with Gasteiger partial charge in [-0.25, -0.2) is 0 Å². The molecule has 3 rings (SSSR count). The number of nitrogen functional groups attached to an aromatic ring is 1. The Bertz CT molecular complexity index is 381. The van der Waals surface area contributed by atoms with Gasteiger partial charge in [0.1, 0.15) is 0 Å². The summed E-state index contributed by atoms with van der Waals surface area (Å²) in [7, 11) is 0. The van der Waals surface area contributed by atoms with Crippen molar-refractivity contribution in [2.24, 2.45) is 5.92 Å². The first-order valence-electron chi connectivity index (χ1n) is 5.68. The fourth-order valence-electron chi connectivity index (χ4n) is 2.61. The third-order valence-corrected chi connectivity index (χ3v) is 3.46. The molecule has 2 aliphatic rings. The monoisotopic (exact) mass is 207 g/mol. The topological polar surface area (TPSA) is 55.3 Å². The van der Waals surface area contributed by atoms with Gasteiger partial charge >= 0.3 is 0 Å². The number of nitrogens with zero attached hydrogens (tertiary/aromatic N) is 2. The molecule has 1 aliphatic carbocycles. The number of rotatable bonds is 2. The standard InChI is InChI=1S/C11H17N3O/c1-6(2)9-10-8(11(12)13-15-10)5-14(9)7-3-4-7/h6-7,9H,3-5H2,1-2H3,(H2,12,13). The second-order valence-corrected chi connectivity index (χ2v) is 5.00. The summed E-state index contributed by atoms with van der Waals surface area (Å²) < 4.78 is 5.37. The molecule has 1 fully saturated rings. The minimum absolute atomic E-state index is 0.386. The number of fused-ring (bicyclic) bond motifs is 1. The number of hydrogen-bond acceptors (Lipinski definition) is 4. The second-order valence-electron chi connectivity index (χ2n) is 5.00. The van der Waals surface area contributed by atoms with Gasteiger partial charge in [0, 0.05) is 12.6 Å². The van der Waals surface area contributed by atoms with Gasteiger partial charge in [-0.15, -0.1) is 0 Å². The molecule has 1 aromatic rings. The van der Waals surface area contributed by atoms with Crippen molar-refractivity contribution in [2.45, 2.75) is 45.3 Å². The van der Waals surface area contributed by atoms with Crippen molar-refractivity contribution < 1.29 is 4.52 Å². The van der Waals surface area contributed by atoms with Crippen molar-refractivity contribution in [2.75, 3.05) is 5.73 Å². The van der Waals surface area contributed by atoms with E-state index in [0.717, 1.165) is 23.9 Å². The van der Waals surface area contributed by atoms with Crippen LogP contribution in [0.15, 0.2) is 4.52 Å². The van der Waals surface area contributed by atoms with E-state index in [1.54, 1.807) is 0 Å². The molecule has 0 amide bonds. The minimum atomic E-state index is 0.386. The van der Waals surface area contributed by atoms with Crippen LogP contribution in [0.3, 0.4) is 0 Å². The lowest BCUT2D eigenvalue weighted by Gasteiger charge is -2.26. The molecule has 1 saturated carbocycles. The van der Waals surface area contributed by atoms with E-state index in [1.165, 1.54) is 12.8 Å². The molecule has 0 bridgehead atoms. The van der Waals surface area contributed by atoms with Crippen LogP contribution in [0.1, 0.15) is 44.1 Å². The van der Waals surface area contributed by atoms with Gasteiger partial charge in [0.05, 0.1) is 11.6 Å². The maximum absolute atomic E-state index is 5.81. The molecule has 1 aliphatic heterocycles. The number of anilines is 1. The van der Waals surface area contributed by atoms with Gasteiger partial charge in [0.2, 0.25) is 0 Å². The summed E-state index contributed by atoms with van der Waals surface area (Å²) in [6.45, 7) is 5.39. The summed E-state index contributed by atoms with van der Waals surface area (Å²) in [5.74, 6) is 2.15. The summed E-state index contributed by atoms with van der Waals surface area (Å²) in [5.41, 5.74) is 6.93. The number of hydrogen-bond donors (Lipinski definition) is 1. The molecule has 0 aromatic carbocycles. The van der Waals surface area contributed by atoms with Crippen molar-refractivity contribution in [3.8, 4) is 0 Å². The van der Waals surface area contributed by atoms with Crippen LogP contribution in [0.5, 0.6) is 0 Å². The lowest BCUT2D eigenvalue weighted by Crippen LogP contribution is -2.28. The van der Waals surface area contributed by atoms with E-state index in [0.29, 0.717) is 17.8 Å². The number of aromatic nitrogens is 1. The van der Waals surface area contributed by atoms with Crippen LogP contribution >= 0.6 is 0 Å². The third-order valence-electron chi connectivity index (χ3n) is 3.46. The van der Waals surface area contributed by atoms with E-state index in [-0.39, 0.29) is 0 Å². The third kappa shape index (κ3) is 1.28. The molecule has 0 radical (unpaired) electrons. The van der Waals surface area contributed by atoms with Crippen LogP contribution in [-0.4, -0.2) is 16.1 Å². The molecule has 4 heteroatoms. The second kappa shape index (κ2) is 2.98. The smallest absolute Gasteiger partial charge is 0.171 e. The minimum Gasteiger partial charge on any atom is -0.381 e. The summed E-state index contributed by atoms with van der Waals surface area (Å²) in [6, 6.07) is 1.14. The Hall–Kier alpha value is -1.03. The zero-order chi connectivity index (χ0) is 10.6. The molecular weight excluding hydrogens is 190 g/mol. The van der Waals surface area contributed by atoms with E-state index in [9.17, 15) is 0 Å². The Morgan fingerprint density at radius 1 is 1.47 bits per heavy atom. The van der Waals surface area contributed by atoms with Crippen molar-refractivity contribution in [3.63, 3.8) is 0 Å². The molecule has 15 heavy (non-hydrogen) atoms. The largest absolute Gasteiger partial charge is 0.381 e. The summed E-state index contributed by atoms with van der Waals surface area (Å²) >= 11 is 0. The van der Waals surface area contributed by atoms with Crippen LogP contribution in [0, 0.1) is 5.92 Å². The fourth-order valence-corrected chi connectivity index (χ4v) is 2.61. The maximum atomic E-state index is 5.81. The zero-order valence-corrected chi connectivity index (χ0v) is 9.23. The van der Waals surface area contributed by atoms with Gasteiger partial charge in [-0.2, -0.15) is 0 Å². The Labute approximate surface area is 89.4 Å². The van der Waals surface area contributed by atoms with E-state index in [4.69, 9.17) is 10.3 Å². The Morgan fingerprint density at radius 2 is 2.20 bits per heavy atom. The van der Waals surface area contributed by atoms with Crippen LogP contribution in [0.25, 0.3) is 0 Å². The molecule has 1 unspecified atom stereocenters. The number of nitrogens with two attached hydrogens (primary N) is 1. The molecule has 1 aromatic heterocycles. The van der Waals surface area contributed by atoms with E-state index in [2.05, 4.69) is 23.9 Å². The summed E-state index contributed by atoms with van der Waals surface area (Å²) in [5, 5.41) is 3.86. The molecule has 2 heterocycles. The van der Waals surface area contributed by atoms with Crippen molar-refractivity contribution in [3.05, 3.63) is 11.3 Å². The van der Waals surface area contributed by atoms with Gasteiger partial charge in [-0.05, 0) is 18.8 Å². The Morgan fingerprint density at radius 3 is 2.80 bits per heavy atom. The van der Waals surface area contributed by atoms with Crippen molar-refractivity contribution in [1.82, 2.24) is 10.1 Å². The van der Waals surface area contributed by atoms with E-state index < -0.39 is 0 Å². The van der Waals surface area contributed by atoms with Gasteiger partial charge in [-0.1, -0.05) is 19.0 Å². The van der Waals surface area contributed by atoms with Gasteiger partial charge < -0.3 is 10.3 Å². The highest BCUT2D eigenvalue weighted by atomic mass is 16.5. The average Bonchev–Trinajstić information content (AvgIpc) is 2.86. The van der Waals surface area contributed by atoms with E-state index in [1.807, 2.05) is 0 Å². The molecule has 0 spiro atoms. The normalized spacial score (nSPS) is 26.2. The molecule has 4 nitrogen and oxygen atoms in total. The Balaban J connectivity index is 1.98. The van der Waals surface area contributed by atoms with Crippen molar-refractivity contribution >= 4 is 5.82 Å². The highest BCUT2D eigenvalue weighted by Gasteiger charge is 2.44. The molecule has 2 N–H and O–H groups in total. The van der Waals surface area contributed by atoms with Crippen LogP contribution in [0.2, 0.25) is 0 Å². The van der Waals surface area contributed by atoms with E-state index >= 15 is 0 Å². The van der Waals surface area contributed by atoms with Crippen LogP contribution in [-0.2, 0) is 6.54 Å². The molecule has 1 atom stereocenters. The summed E-state index contributed by atoms with van der Waals surface area (Å²) in [6.07, 6.45) is 2.64. The first-order valence-corrected chi connectivity index (χ1v) is 5.68. The SMILES string of the molecule is CC(C)C1c2onc(N)c2CN1C1CC1. The van der Waals surface area contributed by atoms with Crippen molar-refractivity contribution in [1.29, 1.82) is 0 Å². The predicted molar refractivity (Wildman–Crippen MR) is 57.1 cm³/mol. The fraction of sp³-hybridized carbons (Fsp3) is 0.727. The molecular formula is C11H17N3O. The highest BCUT2D eigenvalue weighted by Crippen LogP contribution is 2.46. The van der Waals surface area contributed by atoms with Gasteiger partial charge in [0.15, 0.2) is 11.6 Å². The summed E-state index contributed by atoms with van der Waals surface area (Å²) in [4.78, 5) is 2.52. The lowest BCUT2D eigenvalue weighted by molar-refractivity contribution is 0.138. The van der Waals surface area contributed by atoms with Gasteiger partial charge in [-0.3, -0.25) is 4.90 Å². The predicted octanol–water partition coefficient (Wildman–Crippen LogP) is 1.93. The molecule has 0 saturated heterocycles. The Kier molecular flexibility index (Phi) is 1.83. The zero-order valence-electron chi connectivity index (χ0n) is 9.23. The first-order chi connectivity index (χ1) is 7.18. The molecule has 82 valence electrons. The van der Waals surface area contributed by atoms with Crippen LogP contribution < -0.4 is 5.73 Å². The van der Waals surface area contributed by atoms with Crippen LogP contribution in [0.4, 0.5) is 5.82 Å². The quantitative estimate of drug-likeness (QED) is 0.805. The first kappa shape index (κ1) is 9.21. The average molecular weight is 207 g/mol. The van der Waals surface area contributed by atoms with Gasteiger partial charge in [0.25, 0.3) is 0 Å².